The van der Waals surface area contributed by atoms with Crippen LogP contribution in [-0.2, 0) is 11.4 Å². The number of fused-ring (bicyclic) bond motifs is 1. The van der Waals surface area contributed by atoms with Gasteiger partial charge in [0.2, 0.25) is 0 Å². The summed E-state index contributed by atoms with van der Waals surface area (Å²) >= 11 is 6.01. The largest absolute Gasteiger partial charge is 0.413 e. The maximum atomic E-state index is 11.9. The minimum absolute atomic E-state index is 0.112. The highest BCUT2D eigenvalue weighted by Gasteiger charge is 2.27. The highest BCUT2D eigenvalue weighted by atomic mass is 35.5. The van der Waals surface area contributed by atoms with Gasteiger partial charge in [0.05, 0.1) is 5.52 Å². The van der Waals surface area contributed by atoms with Crippen molar-refractivity contribution in [2.75, 3.05) is 6.61 Å². The number of alkyl halides is 3. The number of nitrogens with one attached hydrogen (secondary N) is 1. The third-order valence-electron chi connectivity index (χ3n) is 2.40. The zero-order valence-corrected chi connectivity index (χ0v) is 10.4. The number of hydrogen-bond acceptors (Lipinski definition) is 3. The first-order valence-corrected chi connectivity index (χ1v) is 5.79. The molecule has 0 unspecified atom stereocenters. The zero-order valence-electron chi connectivity index (χ0n) is 9.67. The van der Waals surface area contributed by atoms with E-state index in [-0.39, 0.29) is 6.54 Å². The van der Waals surface area contributed by atoms with Crippen LogP contribution in [0.2, 0.25) is 5.02 Å². The molecular formula is C12H10ClF3N2O. The number of hydroxylamine groups is 1. The van der Waals surface area contributed by atoms with Crippen molar-refractivity contribution in [1.82, 2.24) is 10.5 Å². The highest BCUT2D eigenvalue weighted by Crippen LogP contribution is 2.24. The number of aromatic nitrogens is 1. The van der Waals surface area contributed by atoms with Gasteiger partial charge in [-0.1, -0.05) is 17.7 Å². The van der Waals surface area contributed by atoms with Crippen molar-refractivity contribution < 1.29 is 18.0 Å². The molecule has 0 amide bonds. The molecule has 19 heavy (non-hydrogen) atoms. The van der Waals surface area contributed by atoms with Gasteiger partial charge in [-0.15, -0.1) is 0 Å². The molecule has 1 N–H and O–H groups in total. The highest BCUT2D eigenvalue weighted by molar-refractivity contribution is 6.35. The normalized spacial score (nSPS) is 12.0. The van der Waals surface area contributed by atoms with Gasteiger partial charge in [-0.05, 0) is 23.8 Å². The Hall–Kier alpha value is -1.37. The van der Waals surface area contributed by atoms with Gasteiger partial charge >= 0.3 is 6.18 Å². The number of hydrogen-bond donors (Lipinski definition) is 1. The second-order valence-electron chi connectivity index (χ2n) is 3.83. The van der Waals surface area contributed by atoms with E-state index in [4.69, 9.17) is 11.6 Å². The number of pyridine rings is 1. The van der Waals surface area contributed by atoms with Crippen LogP contribution in [0, 0.1) is 0 Å². The molecule has 7 heteroatoms. The molecule has 1 heterocycles. The molecular weight excluding hydrogens is 281 g/mol. The first-order valence-electron chi connectivity index (χ1n) is 5.41. The van der Waals surface area contributed by atoms with E-state index in [9.17, 15) is 13.2 Å². The van der Waals surface area contributed by atoms with Gasteiger partial charge < -0.3 is 0 Å². The molecule has 1 aromatic carbocycles. The minimum atomic E-state index is -4.35. The molecule has 0 spiro atoms. The molecule has 0 atom stereocenters. The Labute approximate surface area is 112 Å². The van der Waals surface area contributed by atoms with Gasteiger partial charge in [-0.25, -0.2) is 0 Å². The second-order valence-corrected chi connectivity index (χ2v) is 4.24. The van der Waals surface area contributed by atoms with Crippen molar-refractivity contribution >= 4 is 22.5 Å². The fraction of sp³-hybridized carbons (Fsp3) is 0.250. The van der Waals surface area contributed by atoms with Crippen molar-refractivity contribution in [3.05, 3.63) is 41.0 Å². The molecule has 1 aromatic heterocycles. The lowest BCUT2D eigenvalue weighted by molar-refractivity contribution is -0.190. The Morgan fingerprint density at radius 2 is 2.05 bits per heavy atom. The lowest BCUT2D eigenvalue weighted by Crippen LogP contribution is -2.24. The first-order chi connectivity index (χ1) is 8.97. The molecule has 2 aromatic rings. The molecule has 0 aliphatic rings. The number of nitrogens with zero attached hydrogens (tertiary/aromatic N) is 1. The Morgan fingerprint density at radius 3 is 2.79 bits per heavy atom. The lowest BCUT2D eigenvalue weighted by atomic mass is 10.1. The first kappa shape index (κ1) is 14.0. The molecule has 0 saturated heterocycles. The number of halogens is 4. The van der Waals surface area contributed by atoms with E-state index in [0.29, 0.717) is 16.1 Å². The Bertz CT molecular complexity index is 574. The quantitative estimate of drug-likeness (QED) is 0.691. The van der Waals surface area contributed by atoms with Gasteiger partial charge in [0.1, 0.15) is 0 Å². The smallest absolute Gasteiger partial charge is 0.292 e. The summed E-state index contributed by atoms with van der Waals surface area (Å²) in [6.07, 6.45) is -2.76. The summed E-state index contributed by atoms with van der Waals surface area (Å²) in [5, 5.41) is 1.29. The van der Waals surface area contributed by atoms with Gasteiger partial charge in [0.25, 0.3) is 0 Å². The van der Waals surface area contributed by atoms with Crippen LogP contribution < -0.4 is 5.48 Å². The summed E-state index contributed by atoms with van der Waals surface area (Å²) in [5.74, 6) is 0. The van der Waals surface area contributed by atoms with E-state index in [1.807, 2.05) is 0 Å². The molecule has 0 bridgehead atoms. The summed E-state index contributed by atoms with van der Waals surface area (Å²) in [7, 11) is 0. The van der Waals surface area contributed by atoms with Crippen LogP contribution in [0.5, 0.6) is 0 Å². The molecule has 0 aliphatic heterocycles. The van der Waals surface area contributed by atoms with E-state index >= 15 is 0 Å². The third kappa shape index (κ3) is 3.79. The molecule has 0 aliphatic carbocycles. The van der Waals surface area contributed by atoms with Crippen LogP contribution in [0.25, 0.3) is 10.9 Å². The van der Waals surface area contributed by atoms with Crippen LogP contribution in [-0.4, -0.2) is 17.8 Å². The van der Waals surface area contributed by atoms with Crippen molar-refractivity contribution in [1.29, 1.82) is 0 Å². The minimum Gasteiger partial charge on any atom is -0.292 e. The van der Waals surface area contributed by atoms with Crippen LogP contribution in [0.15, 0.2) is 30.5 Å². The van der Waals surface area contributed by atoms with Crippen LogP contribution in [0.4, 0.5) is 13.2 Å². The van der Waals surface area contributed by atoms with Crippen molar-refractivity contribution in [2.24, 2.45) is 0 Å². The maximum absolute atomic E-state index is 11.9. The number of benzene rings is 1. The molecule has 102 valence electrons. The van der Waals surface area contributed by atoms with Gasteiger partial charge in [-0.2, -0.15) is 18.7 Å². The van der Waals surface area contributed by atoms with Crippen LogP contribution in [0.1, 0.15) is 5.56 Å². The summed E-state index contributed by atoms with van der Waals surface area (Å²) in [4.78, 5) is 8.51. The fourth-order valence-electron chi connectivity index (χ4n) is 1.60. The predicted molar refractivity (Wildman–Crippen MR) is 65.6 cm³/mol. The van der Waals surface area contributed by atoms with Crippen molar-refractivity contribution in [2.45, 2.75) is 12.7 Å². The van der Waals surface area contributed by atoms with Crippen molar-refractivity contribution in [3.63, 3.8) is 0 Å². The van der Waals surface area contributed by atoms with Gasteiger partial charge in [0, 0.05) is 23.2 Å². The fourth-order valence-corrected chi connectivity index (χ4v) is 1.82. The SMILES string of the molecule is FC(F)(F)CONCc1ccc(Cl)c2cccnc12. The molecule has 3 nitrogen and oxygen atoms in total. The average molecular weight is 291 g/mol. The molecule has 2 rings (SSSR count). The van der Waals surface area contributed by atoms with Crippen LogP contribution in [0.3, 0.4) is 0 Å². The van der Waals surface area contributed by atoms with Crippen LogP contribution >= 0.6 is 11.6 Å². The average Bonchev–Trinajstić information content (AvgIpc) is 2.36. The molecule has 0 fully saturated rings. The van der Waals surface area contributed by atoms with E-state index in [2.05, 4.69) is 15.3 Å². The Kier molecular flexibility index (Phi) is 4.24. The summed E-state index contributed by atoms with van der Waals surface area (Å²) < 4.78 is 35.7. The van der Waals surface area contributed by atoms with Gasteiger partial charge in [0.15, 0.2) is 6.61 Å². The van der Waals surface area contributed by atoms with E-state index in [1.165, 1.54) is 0 Å². The zero-order chi connectivity index (χ0) is 13.9. The standard InChI is InChI=1S/C12H10ClF3N2O/c13-10-4-3-8(6-18-19-7-12(14,15)16)11-9(10)2-1-5-17-11/h1-5,18H,6-7H2. The summed E-state index contributed by atoms with van der Waals surface area (Å²) in [6, 6.07) is 6.91. The Morgan fingerprint density at radius 1 is 1.26 bits per heavy atom. The lowest BCUT2D eigenvalue weighted by Gasteiger charge is -2.10. The van der Waals surface area contributed by atoms with E-state index in [0.717, 1.165) is 5.39 Å². The predicted octanol–water partition coefficient (Wildman–Crippen LogP) is 3.47. The summed E-state index contributed by atoms with van der Waals surface area (Å²) in [6.45, 7) is -1.23. The van der Waals surface area contributed by atoms with Crippen molar-refractivity contribution in [3.8, 4) is 0 Å². The third-order valence-corrected chi connectivity index (χ3v) is 2.73. The molecule has 0 radical (unpaired) electrons. The second kappa shape index (κ2) is 5.73. The number of rotatable bonds is 4. The summed E-state index contributed by atoms with van der Waals surface area (Å²) in [5.41, 5.74) is 3.61. The topological polar surface area (TPSA) is 34.1 Å². The van der Waals surface area contributed by atoms with E-state index in [1.54, 1.807) is 30.5 Å². The maximum Gasteiger partial charge on any atom is 0.413 e. The van der Waals surface area contributed by atoms with Gasteiger partial charge in [-0.3, -0.25) is 9.82 Å². The molecule has 0 saturated carbocycles. The Balaban J connectivity index is 2.07. The monoisotopic (exact) mass is 290 g/mol. The van der Waals surface area contributed by atoms with E-state index < -0.39 is 12.8 Å².